The second-order valence-corrected chi connectivity index (χ2v) is 13.2. The Morgan fingerprint density at radius 1 is 1.00 bits per heavy atom. The van der Waals surface area contributed by atoms with Crippen molar-refractivity contribution in [2.24, 2.45) is 5.41 Å². The first-order valence-electron chi connectivity index (χ1n) is 15.4. The van der Waals surface area contributed by atoms with Gasteiger partial charge in [0.25, 0.3) is 0 Å². The van der Waals surface area contributed by atoms with E-state index in [1.807, 2.05) is 89.8 Å². The Labute approximate surface area is 254 Å². The summed E-state index contributed by atoms with van der Waals surface area (Å²) in [4.78, 5) is 29.5. The highest BCUT2D eigenvalue weighted by molar-refractivity contribution is 5.84. The van der Waals surface area contributed by atoms with E-state index >= 15 is 0 Å². The van der Waals surface area contributed by atoms with Crippen molar-refractivity contribution in [3.8, 4) is 0 Å². The average Bonchev–Trinajstić information content (AvgIpc) is 3.30. The molecule has 0 bridgehead atoms. The van der Waals surface area contributed by atoms with E-state index in [9.17, 15) is 19.8 Å². The summed E-state index contributed by atoms with van der Waals surface area (Å²) >= 11 is 0. The summed E-state index contributed by atoms with van der Waals surface area (Å²) in [6.07, 6.45) is 0.548. The lowest BCUT2D eigenvalue weighted by atomic mass is 9.69. The van der Waals surface area contributed by atoms with Crippen molar-refractivity contribution in [2.45, 2.75) is 89.2 Å². The zero-order valence-electron chi connectivity index (χ0n) is 25.4. The Kier molecular flexibility index (Phi) is 9.23. The predicted octanol–water partition coefficient (Wildman–Crippen LogP) is 5.38. The number of nitrogens with zero attached hydrogens (tertiary/aromatic N) is 1. The molecule has 7 heteroatoms. The number of carbonyl (C=O) groups excluding carboxylic acids is 2. The topological polar surface area (TPSA) is 99.1 Å². The number of piperidine rings is 1. The molecule has 2 aliphatic rings. The van der Waals surface area contributed by atoms with Crippen LogP contribution in [0.3, 0.4) is 0 Å². The number of aliphatic hydroxyl groups is 2. The van der Waals surface area contributed by atoms with Gasteiger partial charge in [-0.15, -0.1) is 0 Å². The van der Waals surface area contributed by atoms with Crippen molar-refractivity contribution in [1.82, 2.24) is 10.2 Å². The molecule has 0 spiro atoms. The molecule has 0 aromatic heterocycles. The van der Waals surface area contributed by atoms with Crippen molar-refractivity contribution < 1.29 is 24.5 Å². The van der Waals surface area contributed by atoms with Gasteiger partial charge in [0.1, 0.15) is 5.60 Å². The Bertz CT molecular complexity index is 1390. The summed E-state index contributed by atoms with van der Waals surface area (Å²) < 4.78 is 5.55. The molecule has 43 heavy (non-hydrogen) atoms. The molecule has 5 atom stereocenters. The molecule has 1 aliphatic heterocycles. The highest BCUT2D eigenvalue weighted by Gasteiger charge is 2.50. The number of likely N-dealkylation sites (tertiary alicyclic amines) is 1. The molecule has 7 nitrogen and oxygen atoms in total. The summed E-state index contributed by atoms with van der Waals surface area (Å²) in [6.45, 7) is 5.95. The van der Waals surface area contributed by atoms with Crippen molar-refractivity contribution in [1.29, 1.82) is 0 Å². The molecular weight excluding hydrogens is 540 g/mol. The lowest BCUT2D eigenvalue weighted by molar-refractivity contribution is -0.155. The second-order valence-electron chi connectivity index (χ2n) is 13.2. The molecule has 5 rings (SSSR count). The number of hydrogen-bond donors (Lipinski definition) is 3. The van der Waals surface area contributed by atoms with Gasteiger partial charge in [-0.3, -0.25) is 4.79 Å². The van der Waals surface area contributed by atoms with Crippen LogP contribution in [0.5, 0.6) is 0 Å². The summed E-state index contributed by atoms with van der Waals surface area (Å²) in [6, 6.07) is 26.5. The number of benzene rings is 3. The van der Waals surface area contributed by atoms with Gasteiger partial charge in [-0.2, -0.15) is 0 Å². The van der Waals surface area contributed by atoms with Gasteiger partial charge in [0.15, 0.2) is 0 Å². The second kappa shape index (κ2) is 12.9. The lowest BCUT2D eigenvalue weighted by Crippen LogP contribution is -2.56. The minimum absolute atomic E-state index is 0.0573. The van der Waals surface area contributed by atoms with E-state index < -0.39 is 41.4 Å². The number of ether oxygens (including phenoxy) is 1. The van der Waals surface area contributed by atoms with Crippen LogP contribution in [0.2, 0.25) is 0 Å². The van der Waals surface area contributed by atoms with E-state index in [-0.39, 0.29) is 12.3 Å². The molecule has 0 unspecified atom stereocenters. The molecule has 2 amide bonds. The third kappa shape index (κ3) is 7.28. The van der Waals surface area contributed by atoms with Crippen LogP contribution in [0.25, 0.3) is 0 Å². The van der Waals surface area contributed by atoms with Gasteiger partial charge in [0, 0.05) is 13.0 Å². The largest absolute Gasteiger partial charge is 0.444 e. The fourth-order valence-electron chi connectivity index (χ4n) is 6.86. The molecule has 1 heterocycles. The van der Waals surface area contributed by atoms with E-state index in [0.29, 0.717) is 32.2 Å². The predicted molar refractivity (Wildman–Crippen MR) is 166 cm³/mol. The number of amides is 2. The Hall–Kier alpha value is -3.68. The maximum Gasteiger partial charge on any atom is 0.407 e. The minimum Gasteiger partial charge on any atom is -0.444 e. The monoisotopic (exact) mass is 584 g/mol. The van der Waals surface area contributed by atoms with Crippen LogP contribution < -0.4 is 5.32 Å². The van der Waals surface area contributed by atoms with E-state index in [1.54, 1.807) is 20.8 Å². The van der Waals surface area contributed by atoms with Crippen molar-refractivity contribution in [3.63, 3.8) is 0 Å². The number of nitrogens with one attached hydrogen (secondary N) is 1. The first-order chi connectivity index (χ1) is 20.5. The van der Waals surface area contributed by atoms with Crippen LogP contribution in [0.4, 0.5) is 4.79 Å². The molecule has 1 aliphatic carbocycles. The van der Waals surface area contributed by atoms with Gasteiger partial charge in [0.05, 0.1) is 29.7 Å². The minimum atomic E-state index is -1.03. The zero-order chi connectivity index (χ0) is 30.6. The Morgan fingerprint density at radius 3 is 2.30 bits per heavy atom. The zero-order valence-corrected chi connectivity index (χ0v) is 25.4. The molecule has 0 saturated carbocycles. The van der Waals surface area contributed by atoms with Gasteiger partial charge in [-0.05, 0) is 75.1 Å². The standard InChI is InChI=1S/C36H44N2O5/c1-35(2,3)43-34(42)37-29(21-25-13-6-4-7-14-25)31(40)24-36(23-26-15-8-5-9-16-26)19-12-20-38(33(36)41)32-28-18-11-10-17-27(28)22-30(32)39/h4-11,13-18,29-32,39-40H,12,19-24H2,1-3H3,(H,37,42)/t29-,30+,31-,32-,36+/m0/s1. The number of aliphatic hydroxyl groups excluding tert-OH is 2. The third-order valence-corrected chi connectivity index (χ3v) is 8.72. The Morgan fingerprint density at radius 2 is 1.63 bits per heavy atom. The summed E-state index contributed by atoms with van der Waals surface area (Å²) in [7, 11) is 0. The van der Waals surface area contributed by atoms with E-state index in [0.717, 1.165) is 28.7 Å². The highest BCUT2D eigenvalue weighted by Crippen LogP contribution is 2.45. The SMILES string of the molecule is CC(C)(C)OC(=O)N[C@@H](Cc1ccccc1)[C@@H](O)C[C@]1(Cc2ccccc2)CCCN([C@H]2c3ccccc3C[C@H]2O)C1=O. The van der Waals surface area contributed by atoms with Crippen LogP contribution in [-0.4, -0.2) is 57.5 Å². The van der Waals surface area contributed by atoms with Crippen LogP contribution in [0, 0.1) is 5.41 Å². The third-order valence-electron chi connectivity index (χ3n) is 8.72. The van der Waals surface area contributed by atoms with Crippen LogP contribution in [0.15, 0.2) is 84.9 Å². The number of fused-ring (bicyclic) bond motifs is 1. The summed E-state index contributed by atoms with van der Waals surface area (Å²) in [5, 5.41) is 26.0. The van der Waals surface area contributed by atoms with Gasteiger partial charge in [-0.1, -0.05) is 84.9 Å². The van der Waals surface area contributed by atoms with Crippen molar-refractivity contribution in [2.75, 3.05) is 6.54 Å². The van der Waals surface area contributed by atoms with Crippen LogP contribution in [0.1, 0.15) is 68.3 Å². The smallest absolute Gasteiger partial charge is 0.407 e. The van der Waals surface area contributed by atoms with Crippen molar-refractivity contribution in [3.05, 3.63) is 107 Å². The maximum atomic E-state index is 14.7. The van der Waals surface area contributed by atoms with Gasteiger partial charge >= 0.3 is 6.09 Å². The number of alkyl carbamates (subject to hydrolysis) is 1. The quantitative estimate of drug-likeness (QED) is 0.314. The summed E-state index contributed by atoms with van der Waals surface area (Å²) in [5.41, 5.74) is 2.42. The first kappa shape index (κ1) is 30.8. The first-order valence-corrected chi connectivity index (χ1v) is 15.4. The Balaban J connectivity index is 1.47. The van der Waals surface area contributed by atoms with Crippen LogP contribution in [-0.2, 0) is 28.8 Å². The molecule has 3 aromatic rings. The maximum absolute atomic E-state index is 14.7. The van der Waals surface area contributed by atoms with E-state index in [2.05, 4.69) is 5.32 Å². The average molecular weight is 585 g/mol. The summed E-state index contributed by atoms with van der Waals surface area (Å²) in [5.74, 6) is -0.0573. The van der Waals surface area contributed by atoms with Gasteiger partial charge in [0.2, 0.25) is 5.91 Å². The molecule has 1 saturated heterocycles. The molecule has 0 radical (unpaired) electrons. The highest BCUT2D eigenvalue weighted by atomic mass is 16.6. The molecule has 3 N–H and O–H groups in total. The number of hydrogen-bond acceptors (Lipinski definition) is 5. The van der Waals surface area contributed by atoms with E-state index in [4.69, 9.17) is 4.74 Å². The van der Waals surface area contributed by atoms with Crippen LogP contribution >= 0.6 is 0 Å². The van der Waals surface area contributed by atoms with Gasteiger partial charge < -0.3 is 25.2 Å². The van der Waals surface area contributed by atoms with Gasteiger partial charge in [-0.25, -0.2) is 4.79 Å². The fraction of sp³-hybridized carbons (Fsp3) is 0.444. The fourth-order valence-corrected chi connectivity index (χ4v) is 6.86. The molecular formula is C36H44N2O5. The number of carbonyl (C=O) groups is 2. The van der Waals surface area contributed by atoms with Crippen molar-refractivity contribution >= 4 is 12.0 Å². The molecule has 228 valence electrons. The lowest BCUT2D eigenvalue weighted by Gasteiger charge is -2.46. The normalized spacial score (nSPS) is 23.4. The van der Waals surface area contributed by atoms with E-state index in [1.165, 1.54) is 0 Å². The molecule has 3 aromatic carbocycles. The number of rotatable bonds is 9. The molecule has 1 fully saturated rings.